The topological polar surface area (TPSA) is 47.2 Å². The van der Waals surface area contributed by atoms with E-state index in [1.54, 1.807) is 0 Å². The fourth-order valence-corrected chi connectivity index (χ4v) is 2.61. The van der Waals surface area contributed by atoms with Gasteiger partial charge in [0.25, 0.3) is 11.1 Å². The van der Waals surface area contributed by atoms with Crippen LogP contribution >= 0.6 is 15.9 Å². The maximum atomic E-state index is 11.7. The molecule has 0 fully saturated rings. The van der Waals surface area contributed by atoms with Crippen LogP contribution in [0.1, 0.15) is 0 Å². The van der Waals surface area contributed by atoms with E-state index in [0.717, 1.165) is 10.2 Å². The fourth-order valence-electron chi connectivity index (χ4n) is 2.07. The van der Waals surface area contributed by atoms with E-state index in [1.807, 2.05) is 29.2 Å². The summed E-state index contributed by atoms with van der Waals surface area (Å²) in [7, 11) is 0. The Kier molecular flexibility index (Phi) is 2.59. The summed E-state index contributed by atoms with van der Waals surface area (Å²) in [5.41, 5.74) is 0.640. The van der Waals surface area contributed by atoms with Crippen LogP contribution in [-0.4, -0.2) is 9.36 Å². The molecule has 0 unspecified atom stereocenters. The number of nitrogens with zero attached hydrogens (tertiary/aromatic N) is 3. The number of fused-ring (bicyclic) bond motifs is 1. The van der Waals surface area contributed by atoms with Gasteiger partial charge in [-0.3, -0.25) is 9.59 Å². The van der Waals surface area contributed by atoms with Gasteiger partial charge in [-0.15, -0.1) is 0 Å². The Bertz CT molecular complexity index is 681. The summed E-state index contributed by atoms with van der Waals surface area (Å²) in [6.45, 7) is 0.773. The lowest BCUT2D eigenvalue weighted by Gasteiger charge is -2.17. The second-order valence-electron chi connectivity index (χ2n) is 4.08. The van der Waals surface area contributed by atoms with Crippen LogP contribution in [0.5, 0.6) is 0 Å². The van der Waals surface area contributed by atoms with E-state index in [0.29, 0.717) is 13.3 Å². The second kappa shape index (κ2) is 4.13. The molecule has 0 saturated carbocycles. The molecule has 0 aliphatic carbocycles. The van der Waals surface area contributed by atoms with Gasteiger partial charge in [-0.05, 0) is 28.1 Å². The minimum absolute atomic E-state index is 0.163. The molecule has 0 spiro atoms. The monoisotopic (exact) mass is 307 g/mol. The third-order valence-corrected chi connectivity index (χ3v) is 3.64. The first-order valence-corrected chi connectivity index (χ1v) is 6.26. The van der Waals surface area contributed by atoms with Crippen LogP contribution < -0.4 is 16.0 Å². The van der Waals surface area contributed by atoms with Crippen molar-refractivity contribution in [2.75, 3.05) is 4.90 Å². The van der Waals surface area contributed by atoms with Gasteiger partial charge in [-0.1, -0.05) is 12.1 Å². The molecule has 5 nitrogen and oxygen atoms in total. The average molecular weight is 308 g/mol. The van der Waals surface area contributed by atoms with Crippen molar-refractivity contribution in [1.82, 2.24) is 9.36 Å². The maximum Gasteiger partial charge on any atom is 0.267 e. The first-order chi connectivity index (χ1) is 8.66. The summed E-state index contributed by atoms with van der Waals surface area (Å²) in [6, 6.07) is 10.4. The summed E-state index contributed by atoms with van der Waals surface area (Å²) < 4.78 is 3.84. The summed E-state index contributed by atoms with van der Waals surface area (Å²) in [5, 5.41) is 0. The van der Waals surface area contributed by atoms with Crippen LogP contribution in [-0.2, 0) is 13.3 Å². The Hall–Kier alpha value is -1.82. The molecule has 1 aromatic heterocycles. The molecule has 2 heterocycles. The molecule has 0 saturated heterocycles. The highest BCUT2D eigenvalue weighted by atomic mass is 79.9. The Morgan fingerprint density at radius 3 is 2.00 bits per heavy atom. The van der Waals surface area contributed by atoms with Crippen LogP contribution in [0.25, 0.3) is 0 Å². The van der Waals surface area contributed by atoms with Crippen LogP contribution in [0.3, 0.4) is 0 Å². The molecule has 92 valence electrons. The standard InChI is InChI=1S/C12H10BrN3O2/c13-9-3-1-2-4-10(9)14-7-15-11(17)5-6-12(18)16(15)8-14/h1-6H,7-8H2. The van der Waals surface area contributed by atoms with Crippen molar-refractivity contribution in [2.45, 2.75) is 13.3 Å². The molecular formula is C12H10BrN3O2. The molecule has 2 aromatic rings. The molecule has 0 atom stereocenters. The van der Waals surface area contributed by atoms with E-state index < -0.39 is 0 Å². The van der Waals surface area contributed by atoms with Crippen molar-refractivity contribution in [3.05, 3.63) is 61.6 Å². The highest BCUT2D eigenvalue weighted by Crippen LogP contribution is 2.27. The minimum Gasteiger partial charge on any atom is -0.331 e. The molecule has 0 N–H and O–H groups in total. The Morgan fingerprint density at radius 2 is 1.44 bits per heavy atom. The van der Waals surface area contributed by atoms with Crippen LogP contribution in [0, 0.1) is 0 Å². The lowest BCUT2D eigenvalue weighted by Crippen LogP contribution is -2.32. The third kappa shape index (κ3) is 1.69. The van der Waals surface area contributed by atoms with Crippen molar-refractivity contribution in [2.24, 2.45) is 0 Å². The highest BCUT2D eigenvalue weighted by molar-refractivity contribution is 9.10. The van der Waals surface area contributed by atoms with Crippen LogP contribution in [0.4, 0.5) is 5.69 Å². The van der Waals surface area contributed by atoms with Crippen LogP contribution in [0.15, 0.2) is 50.5 Å². The lowest BCUT2D eigenvalue weighted by molar-refractivity contribution is 0.548. The molecular weight excluding hydrogens is 298 g/mol. The quantitative estimate of drug-likeness (QED) is 0.795. The average Bonchev–Trinajstić information content (AvgIpc) is 2.80. The number of hydrogen-bond acceptors (Lipinski definition) is 3. The molecule has 1 aliphatic heterocycles. The largest absolute Gasteiger partial charge is 0.331 e. The molecule has 1 aromatic carbocycles. The van der Waals surface area contributed by atoms with Crippen LogP contribution in [0.2, 0.25) is 0 Å². The number of halogens is 1. The number of benzene rings is 1. The zero-order valence-corrected chi connectivity index (χ0v) is 11.0. The first kappa shape index (κ1) is 11.3. The summed E-state index contributed by atoms with van der Waals surface area (Å²) in [6.07, 6.45) is 0. The number of aromatic nitrogens is 2. The summed E-state index contributed by atoms with van der Waals surface area (Å²) in [4.78, 5) is 25.3. The zero-order valence-electron chi connectivity index (χ0n) is 9.41. The van der Waals surface area contributed by atoms with E-state index in [1.165, 1.54) is 21.5 Å². The summed E-state index contributed by atoms with van der Waals surface area (Å²) in [5.74, 6) is 0. The summed E-state index contributed by atoms with van der Waals surface area (Å²) >= 11 is 3.47. The molecule has 0 bridgehead atoms. The predicted molar refractivity (Wildman–Crippen MR) is 71.6 cm³/mol. The van der Waals surface area contributed by atoms with Gasteiger partial charge in [0.15, 0.2) is 0 Å². The predicted octanol–water partition coefficient (Wildman–Crippen LogP) is 1.21. The van der Waals surface area contributed by atoms with Gasteiger partial charge >= 0.3 is 0 Å². The van der Waals surface area contributed by atoms with E-state index in [9.17, 15) is 9.59 Å². The Morgan fingerprint density at radius 1 is 0.889 bits per heavy atom. The van der Waals surface area contributed by atoms with Gasteiger partial charge in [-0.2, -0.15) is 0 Å². The van der Waals surface area contributed by atoms with E-state index in [4.69, 9.17) is 0 Å². The second-order valence-corrected chi connectivity index (χ2v) is 4.94. The first-order valence-electron chi connectivity index (χ1n) is 5.47. The normalized spacial score (nSPS) is 13.7. The van der Waals surface area contributed by atoms with Gasteiger partial charge in [0.05, 0.1) is 5.69 Å². The smallest absolute Gasteiger partial charge is 0.267 e. The number of anilines is 1. The van der Waals surface area contributed by atoms with Crippen molar-refractivity contribution in [3.63, 3.8) is 0 Å². The molecule has 6 heteroatoms. The van der Waals surface area contributed by atoms with E-state index in [-0.39, 0.29) is 11.1 Å². The molecule has 1 aliphatic rings. The van der Waals surface area contributed by atoms with E-state index in [2.05, 4.69) is 15.9 Å². The third-order valence-electron chi connectivity index (χ3n) is 2.97. The van der Waals surface area contributed by atoms with Crippen molar-refractivity contribution in [1.29, 1.82) is 0 Å². The zero-order chi connectivity index (χ0) is 12.7. The lowest BCUT2D eigenvalue weighted by atomic mass is 10.3. The molecule has 0 amide bonds. The number of rotatable bonds is 1. The van der Waals surface area contributed by atoms with Crippen molar-refractivity contribution < 1.29 is 0 Å². The van der Waals surface area contributed by atoms with E-state index >= 15 is 0 Å². The molecule has 18 heavy (non-hydrogen) atoms. The Labute approximate surface area is 111 Å². The fraction of sp³-hybridized carbons (Fsp3) is 0.167. The molecule has 3 rings (SSSR count). The SMILES string of the molecule is O=c1ccc(=O)n2n1CN(c1ccccc1Br)C2. The van der Waals surface area contributed by atoms with Gasteiger partial charge in [0.1, 0.15) is 13.3 Å². The number of para-hydroxylation sites is 1. The van der Waals surface area contributed by atoms with Crippen molar-refractivity contribution >= 4 is 21.6 Å². The van der Waals surface area contributed by atoms with Gasteiger partial charge in [0, 0.05) is 16.6 Å². The Balaban J connectivity index is 2.07. The van der Waals surface area contributed by atoms with Gasteiger partial charge in [-0.25, -0.2) is 9.36 Å². The number of hydrogen-bond donors (Lipinski definition) is 0. The molecule has 0 radical (unpaired) electrons. The van der Waals surface area contributed by atoms with Gasteiger partial charge in [0.2, 0.25) is 0 Å². The van der Waals surface area contributed by atoms with Gasteiger partial charge < -0.3 is 4.90 Å². The maximum absolute atomic E-state index is 11.7. The highest BCUT2D eigenvalue weighted by Gasteiger charge is 2.21. The van der Waals surface area contributed by atoms with Crippen molar-refractivity contribution in [3.8, 4) is 0 Å². The minimum atomic E-state index is -0.163.